The van der Waals surface area contributed by atoms with E-state index in [1.165, 1.54) is 11.3 Å². The molecule has 2 amide bonds. The minimum absolute atomic E-state index is 0.0434. The van der Waals surface area contributed by atoms with Gasteiger partial charge in [0.05, 0.1) is 51.5 Å². The number of cyclic esters (lactones) is 1. The minimum Gasteiger partial charge on any atom is -0.464 e. The van der Waals surface area contributed by atoms with E-state index in [0.29, 0.717) is 18.0 Å². The maximum Gasteiger partial charge on any atom is 0.325 e. The number of fused-ring (bicyclic) bond motifs is 8. The Bertz CT molecular complexity index is 2110. The van der Waals surface area contributed by atoms with Gasteiger partial charge in [0.2, 0.25) is 5.91 Å². The van der Waals surface area contributed by atoms with Crippen molar-refractivity contribution in [2.24, 2.45) is 29.1 Å². The molecule has 4 aromatic rings. The van der Waals surface area contributed by atoms with Crippen LogP contribution >= 0.6 is 22.7 Å². The maximum absolute atomic E-state index is 15.2. The van der Waals surface area contributed by atoms with Gasteiger partial charge in [-0.1, -0.05) is 20.8 Å². The molecule has 6 bridgehead atoms. The van der Waals surface area contributed by atoms with Gasteiger partial charge in [-0.15, -0.1) is 22.7 Å². The van der Waals surface area contributed by atoms with Crippen molar-refractivity contribution in [3.8, 4) is 21.8 Å². The fourth-order valence-corrected chi connectivity index (χ4v) is 10.2. The highest BCUT2D eigenvalue weighted by atomic mass is 32.1. The van der Waals surface area contributed by atoms with E-state index in [2.05, 4.69) is 34.4 Å². The van der Waals surface area contributed by atoms with E-state index in [1.54, 1.807) is 24.6 Å². The van der Waals surface area contributed by atoms with Gasteiger partial charge < -0.3 is 19.4 Å². The zero-order chi connectivity index (χ0) is 37.6. The van der Waals surface area contributed by atoms with Crippen LogP contribution in [0.3, 0.4) is 0 Å². The van der Waals surface area contributed by atoms with Gasteiger partial charge >= 0.3 is 5.97 Å². The van der Waals surface area contributed by atoms with Gasteiger partial charge in [-0.25, -0.2) is 19.2 Å². The summed E-state index contributed by atoms with van der Waals surface area (Å²) >= 11 is 3.02. The predicted octanol–water partition coefficient (Wildman–Crippen LogP) is 6.02. The van der Waals surface area contributed by atoms with Crippen molar-refractivity contribution in [1.29, 1.82) is 0 Å². The van der Waals surface area contributed by atoms with Gasteiger partial charge in [0.25, 0.3) is 11.8 Å². The molecule has 7 atom stereocenters. The summed E-state index contributed by atoms with van der Waals surface area (Å²) in [5, 5.41) is 7.61. The van der Waals surface area contributed by atoms with Gasteiger partial charge in [0, 0.05) is 60.5 Å². The molecule has 0 unspecified atom stereocenters. The van der Waals surface area contributed by atoms with Crippen molar-refractivity contribution >= 4 is 50.7 Å². The monoisotopic (exact) mass is 766 g/mol. The molecule has 3 fully saturated rings. The Morgan fingerprint density at radius 2 is 2.06 bits per heavy atom. The first kappa shape index (κ1) is 36.2. The highest BCUT2D eigenvalue weighted by molar-refractivity contribution is 7.22. The zero-order valence-corrected chi connectivity index (χ0v) is 32.2. The summed E-state index contributed by atoms with van der Waals surface area (Å²) in [7, 11) is 1.66. The Morgan fingerprint density at radius 1 is 1.28 bits per heavy atom. The van der Waals surface area contributed by atoms with Gasteiger partial charge in [-0.3, -0.25) is 24.4 Å². The quantitative estimate of drug-likeness (QED) is 0.228. The topological polar surface area (TPSA) is 128 Å². The molecule has 282 valence electrons. The standard InChI is InChI=1S/C38H44F2N6O5S2/c1-7-45-32(20-9-8-10-41-30(20)19(3)50-6)23-14-37(4,5)17-51-36(49)31-29-24(38(29,39)40)15-46(44-31)34(48)25(43-33(47)21-11-18(21)2)13-28-42-26(16-52-28)27-12-22(23)35(45)53-27/h8-10,12,16,18-19,21,24-25,29,31,44H,7,11,13-15,17H2,1-6H3,(H,43,47)/t18-,19-,21-,24+,25-,29+,31-/m0/s1. The van der Waals surface area contributed by atoms with Crippen LogP contribution in [0, 0.1) is 29.1 Å². The molecule has 1 saturated heterocycles. The number of carbonyl (C=O) groups is 3. The molecule has 11 nitrogen and oxygen atoms in total. The first-order chi connectivity index (χ1) is 25.2. The number of hydrazine groups is 1. The molecular formula is C38H44F2N6O5S2. The number of nitrogens with zero attached hydrogens (tertiary/aromatic N) is 4. The van der Waals surface area contributed by atoms with Crippen molar-refractivity contribution in [3.63, 3.8) is 0 Å². The number of amides is 2. The largest absolute Gasteiger partial charge is 0.464 e. The highest BCUT2D eigenvalue weighted by Gasteiger charge is 2.75. The van der Waals surface area contributed by atoms with Crippen LogP contribution in [0.25, 0.3) is 32.0 Å². The number of ether oxygens (including phenoxy) is 2. The summed E-state index contributed by atoms with van der Waals surface area (Å²) in [6, 6.07) is 3.63. The van der Waals surface area contributed by atoms with Gasteiger partial charge in [0.15, 0.2) is 0 Å². The molecule has 53 heavy (non-hydrogen) atoms. The first-order valence-electron chi connectivity index (χ1n) is 18.2. The Balaban J connectivity index is 1.24. The summed E-state index contributed by atoms with van der Waals surface area (Å²) in [4.78, 5) is 52.7. The number of thiazole rings is 1. The summed E-state index contributed by atoms with van der Waals surface area (Å²) in [6.45, 7) is 10.4. The lowest BCUT2D eigenvalue weighted by Gasteiger charge is -2.34. The third kappa shape index (κ3) is 6.36. The molecule has 4 aromatic heterocycles. The van der Waals surface area contributed by atoms with Crippen molar-refractivity contribution in [3.05, 3.63) is 46.0 Å². The number of hydrogen-bond donors (Lipinski definition) is 2. The van der Waals surface area contributed by atoms with E-state index in [1.807, 2.05) is 39.1 Å². The Kier molecular flexibility index (Phi) is 9.02. The average Bonchev–Trinajstić information content (AvgIpc) is 3.69. The third-order valence-corrected chi connectivity index (χ3v) is 13.4. The summed E-state index contributed by atoms with van der Waals surface area (Å²) in [5.41, 5.74) is 6.75. The number of esters is 1. The molecule has 0 radical (unpaired) electrons. The van der Waals surface area contributed by atoms with Crippen LogP contribution in [-0.4, -0.2) is 75.6 Å². The van der Waals surface area contributed by atoms with Crippen LogP contribution in [0.15, 0.2) is 29.8 Å². The van der Waals surface area contributed by atoms with Crippen molar-refractivity contribution in [1.82, 2.24) is 30.3 Å². The van der Waals surface area contributed by atoms with Crippen molar-refractivity contribution in [2.75, 3.05) is 20.3 Å². The molecule has 2 aliphatic carbocycles. The van der Waals surface area contributed by atoms with E-state index in [4.69, 9.17) is 19.4 Å². The Labute approximate surface area is 314 Å². The van der Waals surface area contributed by atoms with E-state index in [-0.39, 0.29) is 43.4 Å². The number of alkyl halides is 2. The molecular weight excluding hydrogens is 723 g/mol. The fourth-order valence-electron chi connectivity index (χ4n) is 8.05. The number of aromatic nitrogens is 3. The van der Waals surface area contributed by atoms with E-state index >= 15 is 8.78 Å². The molecule has 2 saturated carbocycles. The smallest absolute Gasteiger partial charge is 0.325 e. The van der Waals surface area contributed by atoms with Gasteiger partial charge in [-0.2, -0.15) is 0 Å². The molecule has 4 aliphatic rings. The number of pyridine rings is 1. The van der Waals surface area contributed by atoms with Crippen LogP contribution in [0.1, 0.15) is 63.4 Å². The second-order valence-corrected chi connectivity index (χ2v) is 17.7. The Morgan fingerprint density at radius 3 is 2.77 bits per heavy atom. The van der Waals surface area contributed by atoms with Crippen LogP contribution in [0.4, 0.5) is 8.78 Å². The number of carbonyl (C=O) groups excluding carboxylic acids is 3. The van der Waals surface area contributed by atoms with Crippen LogP contribution in [-0.2, 0) is 43.2 Å². The number of rotatable bonds is 6. The lowest BCUT2D eigenvalue weighted by Crippen LogP contribution is -2.61. The number of nitrogens with one attached hydrogen (secondary N) is 2. The van der Waals surface area contributed by atoms with E-state index < -0.39 is 47.1 Å². The van der Waals surface area contributed by atoms with Crippen LogP contribution in [0.5, 0.6) is 0 Å². The second kappa shape index (κ2) is 13.2. The SMILES string of the molecule is CCn1c(-c2cccnc2[C@H](C)OC)c2c3cc(sc31)-c1csc(n1)C[C@H](NC(=O)[C@H]1C[C@@H]1C)C(=O)N1C[C@@H]3[C@H]([C@H](N1)C(=O)OCC(C)(C)C2)C3(F)F. The Hall–Kier alpha value is -3.79. The lowest BCUT2D eigenvalue weighted by atomic mass is 9.84. The number of methoxy groups -OCH3 is 1. The molecule has 15 heteroatoms. The zero-order valence-electron chi connectivity index (χ0n) is 30.6. The first-order valence-corrected chi connectivity index (χ1v) is 19.9. The summed E-state index contributed by atoms with van der Waals surface area (Å²) < 4.78 is 44.3. The molecule has 2 aliphatic heterocycles. The van der Waals surface area contributed by atoms with Crippen molar-refractivity contribution in [2.45, 2.75) is 84.5 Å². The highest BCUT2D eigenvalue weighted by Crippen LogP contribution is 2.59. The second-order valence-electron chi connectivity index (χ2n) is 15.7. The fraction of sp³-hybridized carbons (Fsp3) is 0.553. The lowest BCUT2D eigenvalue weighted by molar-refractivity contribution is -0.156. The molecule has 8 rings (SSSR count). The molecule has 2 N–H and O–H groups in total. The summed E-state index contributed by atoms with van der Waals surface area (Å²) in [5.74, 6) is -7.31. The van der Waals surface area contributed by atoms with Gasteiger partial charge in [-0.05, 0) is 56.4 Å². The van der Waals surface area contributed by atoms with E-state index in [9.17, 15) is 14.4 Å². The predicted molar refractivity (Wildman–Crippen MR) is 197 cm³/mol. The average molecular weight is 767 g/mol. The number of thiophene rings is 1. The molecule has 0 aromatic carbocycles. The number of hydrogen-bond acceptors (Lipinski definition) is 10. The van der Waals surface area contributed by atoms with Gasteiger partial charge in [0.1, 0.15) is 16.9 Å². The molecule has 0 spiro atoms. The molecule has 6 heterocycles. The number of halogens is 2. The minimum atomic E-state index is -3.15. The van der Waals surface area contributed by atoms with Crippen LogP contribution in [0.2, 0.25) is 0 Å². The van der Waals surface area contributed by atoms with Crippen molar-refractivity contribution < 1.29 is 32.6 Å². The van der Waals surface area contributed by atoms with E-state index in [0.717, 1.165) is 54.7 Å². The number of aryl methyl sites for hydroxylation is 1. The summed E-state index contributed by atoms with van der Waals surface area (Å²) in [6.07, 6.45) is 2.79. The maximum atomic E-state index is 15.2. The van der Waals surface area contributed by atoms with Crippen LogP contribution < -0.4 is 10.7 Å². The normalized spacial score (nSPS) is 28.2. The third-order valence-electron chi connectivity index (χ3n) is 11.3.